The molecule has 0 aliphatic heterocycles. The second-order valence-corrected chi connectivity index (χ2v) is 9.99. The highest BCUT2D eigenvalue weighted by atomic mass is 32.2. The number of ether oxygens (including phenoxy) is 1. The molecule has 6 nitrogen and oxygen atoms in total. The Hall–Kier alpha value is -2.15. The number of Topliss-reactive ketones (excluding diaryl/α,β-unsaturated/α-hetero) is 1. The van der Waals surface area contributed by atoms with Crippen molar-refractivity contribution in [2.45, 2.75) is 46.5 Å². The highest BCUT2D eigenvalue weighted by Crippen LogP contribution is 2.31. The van der Waals surface area contributed by atoms with Crippen LogP contribution in [-0.2, 0) is 17.6 Å². The van der Waals surface area contributed by atoms with E-state index in [1.165, 1.54) is 0 Å². The smallest absolute Gasteiger partial charge is 0.180 e. The lowest BCUT2D eigenvalue weighted by molar-refractivity contribution is -0.119. The highest BCUT2D eigenvalue weighted by Gasteiger charge is 2.24. The van der Waals surface area contributed by atoms with Gasteiger partial charge in [0.25, 0.3) is 0 Å². The SMILES string of the molecule is CSCCOc1ccnc(-c2nc3c(c(N(C)CC(=O)CC(C)(C)C)n2)CCC3)c1. The zero-order valence-corrected chi connectivity index (χ0v) is 19.5. The molecule has 1 aliphatic rings. The molecule has 30 heavy (non-hydrogen) atoms. The van der Waals surface area contributed by atoms with E-state index in [1.54, 1.807) is 18.0 Å². The van der Waals surface area contributed by atoms with Crippen LogP contribution in [0.25, 0.3) is 11.5 Å². The number of carbonyl (C=O) groups excluding carboxylic acids is 1. The van der Waals surface area contributed by atoms with Crippen LogP contribution in [0, 0.1) is 5.41 Å². The Labute approximate surface area is 183 Å². The summed E-state index contributed by atoms with van der Waals surface area (Å²) in [6.45, 7) is 7.27. The minimum atomic E-state index is -0.0165. The van der Waals surface area contributed by atoms with E-state index in [-0.39, 0.29) is 11.2 Å². The molecule has 0 amide bonds. The summed E-state index contributed by atoms with van der Waals surface area (Å²) >= 11 is 1.75. The third-order valence-electron chi connectivity index (χ3n) is 4.93. The van der Waals surface area contributed by atoms with Gasteiger partial charge in [-0.25, -0.2) is 9.97 Å². The van der Waals surface area contributed by atoms with Crippen LogP contribution in [0.4, 0.5) is 5.82 Å². The Kier molecular flexibility index (Phi) is 7.34. The van der Waals surface area contributed by atoms with Crippen molar-refractivity contribution in [1.29, 1.82) is 0 Å². The average Bonchev–Trinajstić information content (AvgIpc) is 3.14. The lowest BCUT2D eigenvalue weighted by Crippen LogP contribution is -2.30. The monoisotopic (exact) mass is 428 g/mol. The quantitative estimate of drug-likeness (QED) is 0.554. The van der Waals surface area contributed by atoms with Gasteiger partial charge in [-0.05, 0) is 37.0 Å². The number of anilines is 1. The summed E-state index contributed by atoms with van der Waals surface area (Å²) in [5.74, 6) is 3.37. The number of aromatic nitrogens is 3. The Balaban J connectivity index is 1.86. The second kappa shape index (κ2) is 9.77. The molecule has 2 aromatic heterocycles. The van der Waals surface area contributed by atoms with E-state index in [0.717, 1.165) is 47.8 Å². The maximum atomic E-state index is 12.6. The lowest BCUT2D eigenvalue weighted by atomic mass is 9.90. The zero-order chi connectivity index (χ0) is 21.7. The van der Waals surface area contributed by atoms with Crippen molar-refractivity contribution in [3.63, 3.8) is 0 Å². The number of aryl methyl sites for hydroxylation is 1. The van der Waals surface area contributed by atoms with Gasteiger partial charge in [0, 0.05) is 42.7 Å². The standard InChI is InChI=1S/C23H32N4O2S/c1-23(2,3)14-16(28)15-27(4)22-18-7-6-8-19(18)25-21(26-22)20-13-17(9-10-24-20)29-11-12-30-5/h9-10,13H,6-8,11-12,14-15H2,1-5H3. The van der Waals surface area contributed by atoms with Crippen LogP contribution in [0.2, 0.25) is 0 Å². The molecule has 0 atom stereocenters. The molecule has 0 fully saturated rings. The number of ketones is 1. The van der Waals surface area contributed by atoms with Crippen molar-refractivity contribution in [3.8, 4) is 17.3 Å². The van der Waals surface area contributed by atoms with Gasteiger partial charge in [-0.15, -0.1) is 0 Å². The van der Waals surface area contributed by atoms with Crippen molar-refractivity contribution >= 4 is 23.4 Å². The first-order chi connectivity index (χ1) is 14.3. The number of hydrogen-bond acceptors (Lipinski definition) is 7. The summed E-state index contributed by atoms with van der Waals surface area (Å²) in [6.07, 6.45) is 7.30. The zero-order valence-electron chi connectivity index (χ0n) is 18.7. The summed E-state index contributed by atoms with van der Waals surface area (Å²) in [6, 6.07) is 3.75. The number of rotatable bonds is 9. The van der Waals surface area contributed by atoms with E-state index in [9.17, 15) is 4.79 Å². The van der Waals surface area contributed by atoms with Crippen LogP contribution in [0.5, 0.6) is 5.75 Å². The predicted octanol–water partition coefficient (Wildman–Crippen LogP) is 4.21. The molecule has 3 rings (SSSR count). The average molecular weight is 429 g/mol. The van der Waals surface area contributed by atoms with Crippen molar-refractivity contribution < 1.29 is 9.53 Å². The number of likely N-dealkylation sites (N-methyl/N-ethyl adjacent to an activating group) is 1. The van der Waals surface area contributed by atoms with Gasteiger partial charge in [-0.3, -0.25) is 9.78 Å². The van der Waals surface area contributed by atoms with E-state index in [1.807, 2.05) is 24.1 Å². The van der Waals surface area contributed by atoms with Crippen molar-refractivity contribution in [3.05, 3.63) is 29.6 Å². The van der Waals surface area contributed by atoms with Gasteiger partial charge in [-0.1, -0.05) is 20.8 Å². The summed E-state index contributed by atoms with van der Waals surface area (Å²) in [4.78, 5) is 28.6. The molecule has 0 saturated carbocycles. The third kappa shape index (κ3) is 5.94. The van der Waals surface area contributed by atoms with Gasteiger partial charge in [0.05, 0.1) is 13.2 Å². The van der Waals surface area contributed by atoms with Crippen LogP contribution < -0.4 is 9.64 Å². The van der Waals surface area contributed by atoms with Crippen LogP contribution in [0.3, 0.4) is 0 Å². The van der Waals surface area contributed by atoms with Crippen LogP contribution in [0.1, 0.15) is 44.9 Å². The number of nitrogens with zero attached hydrogens (tertiary/aromatic N) is 4. The number of thioether (sulfide) groups is 1. The fourth-order valence-electron chi connectivity index (χ4n) is 3.70. The maximum absolute atomic E-state index is 12.6. The molecular weight excluding hydrogens is 396 g/mol. The minimum Gasteiger partial charge on any atom is -0.493 e. The second-order valence-electron chi connectivity index (χ2n) is 9.00. The number of hydrogen-bond donors (Lipinski definition) is 0. The first-order valence-corrected chi connectivity index (χ1v) is 11.9. The molecule has 0 unspecified atom stereocenters. The molecule has 0 bridgehead atoms. The van der Waals surface area contributed by atoms with Gasteiger partial charge in [-0.2, -0.15) is 11.8 Å². The van der Waals surface area contributed by atoms with Crippen LogP contribution in [-0.4, -0.2) is 52.9 Å². The number of fused-ring (bicyclic) bond motifs is 1. The summed E-state index contributed by atoms with van der Waals surface area (Å²) < 4.78 is 5.81. The van der Waals surface area contributed by atoms with Gasteiger partial charge in [0.2, 0.25) is 0 Å². The summed E-state index contributed by atoms with van der Waals surface area (Å²) in [7, 11) is 1.95. The van der Waals surface area contributed by atoms with Crippen molar-refractivity contribution in [1.82, 2.24) is 15.0 Å². The fourth-order valence-corrected chi connectivity index (χ4v) is 3.95. The molecule has 7 heteroatoms. The molecule has 0 aromatic carbocycles. The molecule has 0 N–H and O–H groups in total. The van der Waals surface area contributed by atoms with E-state index in [4.69, 9.17) is 14.7 Å². The van der Waals surface area contributed by atoms with E-state index >= 15 is 0 Å². The topological polar surface area (TPSA) is 68.2 Å². The van der Waals surface area contributed by atoms with E-state index in [0.29, 0.717) is 31.1 Å². The normalized spacial score (nSPS) is 13.2. The van der Waals surface area contributed by atoms with E-state index in [2.05, 4.69) is 32.0 Å². The molecule has 2 heterocycles. The third-order valence-corrected chi connectivity index (χ3v) is 5.51. The maximum Gasteiger partial charge on any atom is 0.180 e. The first-order valence-electron chi connectivity index (χ1n) is 10.5. The Morgan fingerprint density at radius 1 is 1.27 bits per heavy atom. The van der Waals surface area contributed by atoms with Gasteiger partial charge >= 0.3 is 0 Å². The molecule has 0 saturated heterocycles. The predicted molar refractivity (Wildman–Crippen MR) is 124 cm³/mol. The molecule has 0 spiro atoms. The van der Waals surface area contributed by atoms with Crippen molar-refractivity contribution in [2.75, 3.05) is 37.1 Å². The molecule has 2 aromatic rings. The summed E-state index contributed by atoms with van der Waals surface area (Å²) in [5, 5.41) is 0. The fraction of sp³-hybridized carbons (Fsp3) is 0.565. The van der Waals surface area contributed by atoms with Gasteiger partial charge < -0.3 is 9.64 Å². The van der Waals surface area contributed by atoms with E-state index < -0.39 is 0 Å². The van der Waals surface area contributed by atoms with Gasteiger partial charge in [0.1, 0.15) is 17.3 Å². The minimum absolute atomic E-state index is 0.0165. The lowest BCUT2D eigenvalue weighted by Gasteiger charge is -2.23. The molecule has 162 valence electrons. The molecular formula is C23H32N4O2S. The first kappa shape index (κ1) is 22.5. The number of carbonyl (C=O) groups is 1. The highest BCUT2D eigenvalue weighted by molar-refractivity contribution is 7.98. The number of pyridine rings is 1. The Bertz CT molecular complexity index is 895. The Morgan fingerprint density at radius 2 is 2.07 bits per heavy atom. The van der Waals surface area contributed by atoms with Crippen LogP contribution in [0.15, 0.2) is 18.3 Å². The van der Waals surface area contributed by atoms with Crippen LogP contribution >= 0.6 is 11.8 Å². The van der Waals surface area contributed by atoms with Crippen molar-refractivity contribution in [2.24, 2.45) is 5.41 Å². The largest absolute Gasteiger partial charge is 0.493 e. The summed E-state index contributed by atoms with van der Waals surface area (Å²) in [5.41, 5.74) is 2.91. The van der Waals surface area contributed by atoms with Gasteiger partial charge in [0.15, 0.2) is 11.6 Å². The molecule has 0 radical (unpaired) electrons. The molecule has 1 aliphatic carbocycles. The Morgan fingerprint density at radius 3 is 2.80 bits per heavy atom.